The number of rotatable bonds is 4. The van der Waals surface area contributed by atoms with E-state index in [1.807, 2.05) is 54.6 Å². The van der Waals surface area contributed by atoms with E-state index < -0.39 is 0 Å². The van der Waals surface area contributed by atoms with Gasteiger partial charge < -0.3 is 9.47 Å². The predicted molar refractivity (Wildman–Crippen MR) is 92.4 cm³/mol. The van der Waals surface area contributed by atoms with E-state index in [2.05, 4.69) is 0 Å². The highest BCUT2D eigenvalue weighted by Gasteiger charge is 2.22. The highest BCUT2D eigenvalue weighted by molar-refractivity contribution is 8.08. The van der Waals surface area contributed by atoms with Gasteiger partial charge in [-0.1, -0.05) is 42.1 Å². The molecule has 1 fully saturated rings. The number of ether oxygens (including phenoxy) is 2. The molecule has 0 amide bonds. The highest BCUT2D eigenvalue weighted by Crippen LogP contribution is 2.39. The van der Waals surface area contributed by atoms with Crippen LogP contribution in [0.3, 0.4) is 0 Å². The van der Waals surface area contributed by atoms with Crippen LogP contribution < -0.4 is 4.74 Å². The molecular formula is C19H18O3S. The molecule has 0 radical (unpaired) electrons. The molecule has 2 aromatic carbocycles. The molecule has 0 saturated carbocycles. The van der Waals surface area contributed by atoms with Gasteiger partial charge in [0.15, 0.2) is 0 Å². The first-order valence-corrected chi connectivity index (χ1v) is 8.37. The Balaban J connectivity index is 2.01. The average Bonchev–Trinajstić information content (AvgIpc) is 2.61. The summed E-state index contributed by atoms with van der Waals surface area (Å²) < 4.78 is 10.5. The maximum Gasteiger partial charge on any atom is 0.335 e. The lowest BCUT2D eigenvalue weighted by atomic mass is 10.0. The van der Waals surface area contributed by atoms with E-state index in [0.29, 0.717) is 6.61 Å². The van der Waals surface area contributed by atoms with Crippen LogP contribution in [-0.4, -0.2) is 19.7 Å². The summed E-state index contributed by atoms with van der Waals surface area (Å²) in [7, 11) is 1.64. The minimum absolute atomic E-state index is 0.203. The van der Waals surface area contributed by atoms with Crippen molar-refractivity contribution in [3.8, 4) is 5.75 Å². The lowest BCUT2D eigenvalue weighted by Gasteiger charge is -2.19. The molecule has 2 aromatic rings. The van der Waals surface area contributed by atoms with E-state index >= 15 is 0 Å². The molecule has 1 aliphatic rings. The Labute approximate surface area is 140 Å². The number of hydrogen-bond acceptors (Lipinski definition) is 4. The topological polar surface area (TPSA) is 35.5 Å². The Bertz CT molecular complexity index is 705. The van der Waals surface area contributed by atoms with Crippen LogP contribution in [0.2, 0.25) is 0 Å². The number of benzene rings is 2. The minimum atomic E-state index is -0.203. The Morgan fingerprint density at radius 2 is 1.83 bits per heavy atom. The van der Waals surface area contributed by atoms with Gasteiger partial charge in [0.25, 0.3) is 0 Å². The first kappa shape index (κ1) is 15.7. The minimum Gasteiger partial charge on any atom is -0.497 e. The highest BCUT2D eigenvalue weighted by atomic mass is 32.2. The monoisotopic (exact) mass is 326 g/mol. The number of esters is 1. The predicted octanol–water partition coefficient (Wildman–Crippen LogP) is 4.54. The van der Waals surface area contributed by atoms with Crippen LogP contribution in [0.4, 0.5) is 0 Å². The van der Waals surface area contributed by atoms with Gasteiger partial charge in [0.1, 0.15) is 5.75 Å². The zero-order valence-electron chi connectivity index (χ0n) is 13.0. The Kier molecular flexibility index (Phi) is 5.03. The van der Waals surface area contributed by atoms with Crippen molar-refractivity contribution < 1.29 is 14.3 Å². The van der Waals surface area contributed by atoms with Crippen molar-refractivity contribution >= 4 is 22.6 Å². The van der Waals surface area contributed by atoms with E-state index in [-0.39, 0.29) is 5.97 Å². The van der Waals surface area contributed by atoms with Crippen molar-refractivity contribution in [3.05, 3.63) is 65.7 Å². The molecule has 1 heterocycles. The van der Waals surface area contributed by atoms with E-state index in [4.69, 9.17) is 9.47 Å². The van der Waals surface area contributed by atoms with Crippen molar-refractivity contribution in [1.82, 2.24) is 0 Å². The van der Waals surface area contributed by atoms with Crippen molar-refractivity contribution in [2.45, 2.75) is 17.7 Å². The van der Waals surface area contributed by atoms with Gasteiger partial charge in [0.05, 0.1) is 19.3 Å². The number of carbonyl (C=O) groups is 1. The lowest BCUT2D eigenvalue weighted by molar-refractivity contribution is -0.141. The molecule has 0 spiro atoms. The van der Waals surface area contributed by atoms with E-state index in [0.717, 1.165) is 39.5 Å². The number of methoxy groups -OCH3 is 1. The third kappa shape index (κ3) is 3.77. The Morgan fingerprint density at radius 3 is 2.48 bits per heavy atom. The lowest BCUT2D eigenvalue weighted by Crippen LogP contribution is -2.16. The molecule has 0 N–H and O–H groups in total. The quantitative estimate of drug-likeness (QED) is 0.469. The summed E-state index contributed by atoms with van der Waals surface area (Å²) in [6.45, 7) is 0.508. The maximum atomic E-state index is 12.2. The molecule has 1 aliphatic heterocycles. The van der Waals surface area contributed by atoms with Crippen molar-refractivity contribution in [3.63, 3.8) is 0 Å². The second-order valence-corrected chi connectivity index (χ2v) is 6.27. The molecule has 4 heteroatoms. The third-order valence-electron chi connectivity index (χ3n) is 3.64. The summed E-state index contributed by atoms with van der Waals surface area (Å²) in [5, 5.41) is 0. The summed E-state index contributed by atoms with van der Waals surface area (Å²) in [4.78, 5) is 14.3. The molecule has 0 aliphatic carbocycles. The first-order chi connectivity index (χ1) is 11.3. The van der Waals surface area contributed by atoms with E-state index in [9.17, 15) is 4.79 Å². The molecule has 0 unspecified atom stereocenters. The smallest absolute Gasteiger partial charge is 0.335 e. The third-order valence-corrected chi connectivity index (χ3v) is 4.83. The van der Waals surface area contributed by atoms with Gasteiger partial charge in [-0.05, 0) is 42.7 Å². The van der Waals surface area contributed by atoms with Gasteiger partial charge in [-0.15, -0.1) is 0 Å². The molecule has 0 bridgehead atoms. The van der Waals surface area contributed by atoms with Gasteiger partial charge in [-0.25, -0.2) is 4.79 Å². The molecule has 3 rings (SSSR count). The normalized spacial score (nSPS) is 16.7. The SMILES string of the molecule is COc1ccc(/C(Sc2ccccc2)=C2\CCCOC2=O)cc1. The molecule has 118 valence electrons. The van der Waals surface area contributed by atoms with Crippen molar-refractivity contribution in [2.75, 3.05) is 13.7 Å². The molecule has 0 aromatic heterocycles. The van der Waals surface area contributed by atoms with Crippen molar-refractivity contribution in [2.24, 2.45) is 0 Å². The van der Waals surface area contributed by atoms with Crippen LogP contribution in [0.5, 0.6) is 5.75 Å². The Morgan fingerprint density at radius 1 is 1.09 bits per heavy atom. The zero-order chi connectivity index (χ0) is 16.1. The summed E-state index contributed by atoms with van der Waals surface area (Å²) in [5.74, 6) is 0.597. The largest absolute Gasteiger partial charge is 0.497 e. The number of thioether (sulfide) groups is 1. The van der Waals surface area contributed by atoms with E-state index in [1.165, 1.54) is 0 Å². The molecule has 3 nitrogen and oxygen atoms in total. The van der Waals surface area contributed by atoms with Crippen molar-refractivity contribution in [1.29, 1.82) is 0 Å². The van der Waals surface area contributed by atoms with Gasteiger partial charge in [0.2, 0.25) is 0 Å². The van der Waals surface area contributed by atoms with Crippen LogP contribution >= 0.6 is 11.8 Å². The van der Waals surface area contributed by atoms with Gasteiger partial charge in [-0.3, -0.25) is 0 Å². The molecule has 1 saturated heterocycles. The van der Waals surface area contributed by atoms with Crippen LogP contribution in [0.1, 0.15) is 18.4 Å². The second-order valence-electron chi connectivity index (χ2n) is 5.19. The number of hydrogen-bond donors (Lipinski definition) is 0. The van der Waals surface area contributed by atoms with Crippen LogP contribution in [-0.2, 0) is 9.53 Å². The Hall–Kier alpha value is -2.20. The fraction of sp³-hybridized carbons (Fsp3) is 0.211. The van der Waals surface area contributed by atoms with E-state index in [1.54, 1.807) is 18.9 Å². The second kappa shape index (κ2) is 7.38. The van der Waals surface area contributed by atoms with Gasteiger partial charge >= 0.3 is 5.97 Å². The fourth-order valence-corrected chi connectivity index (χ4v) is 3.54. The molecule has 23 heavy (non-hydrogen) atoms. The van der Waals surface area contributed by atoms with Crippen LogP contribution in [0, 0.1) is 0 Å². The standard InChI is InChI=1S/C19H18O3S/c1-21-15-11-9-14(10-12-15)18(17-8-5-13-22-19(17)20)23-16-6-3-2-4-7-16/h2-4,6-7,9-12H,5,8,13H2,1H3/b18-17-. The number of carbonyl (C=O) groups excluding carboxylic acids is 1. The van der Waals surface area contributed by atoms with Gasteiger partial charge in [0, 0.05) is 9.80 Å². The summed E-state index contributed by atoms with van der Waals surface area (Å²) in [6.07, 6.45) is 1.62. The zero-order valence-corrected chi connectivity index (χ0v) is 13.8. The van der Waals surface area contributed by atoms with Gasteiger partial charge in [-0.2, -0.15) is 0 Å². The first-order valence-electron chi connectivity index (χ1n) is 7.55. The van der Waals surface area contributed by atoms with Crippen LogP contribution in [0.25, 0.3) is 4.91 Å². The average molecular weight is 326 g/mol. The van der Waals surface area contributed by atoms with Crippen LogP contribution in [0.15, 0.2) is 65.1 Å². The molecule has 0 atom stereocenters. The summed E-state index contributed by atoms with van der Waals surface area (Å²) >= 11 is 1.60. The number of cyclic esters (lactones) is 1. The fourth-order valence-electron chi connectivity index (χ4n) is 2.45. The summed E-state index contributed by atoms with van der Waals surface area (Å²) in [5.41, 5.74) is 1.77. The maximum absolute atomic E-state index is 12.2. The molecular weight excluding hydrogens is 308 g/mol. The summed E-state index contributed by atoms with van der Waals surface area (Å²) in [6, 6.07) is 17.9.